The molecule has 3 rings (SSSR count). The monoisotopic (exact) mass is 347 g/mol. The van der Waals surface area contributed by atoms with E-state index in [1.807, 2.05) is 0 Å². The molecule has 1 fully saturated rings. The van der Waals surface area contributed by atoms with Gasteiger partial charge in [0.2, 0.25) is 5.89 Å². The fraction of sp³-hybridized carbons (Fsp3) is 0.579. The standard InChI is InChI=1S/C19H26FN3O2/c1-19(2,3)18-21-17(25-22-18)12-23-10-4-5-15(23)11-16(24)13-6-8-14(20)9-7-13/h6-9,15-16,24H,4-5,10-12H2,1-3H3/t15-,16+/m0/s1. The SMILES string of the molecule is CC(C)(C)c1noc(CN2CCC[C@H]2C[C@@H](O)c2ccc(F)cc2)n1. The molecule has 1 aliphatic heterocycles. The molecule has 136 valence electrons. The van der Waals surface area contributed by atoms with Gasteiger partial charge >= 0.3 is 0 Å². The van der Waals surface area contributed by atoms with E-state index in [0.29, 0.717) is 24.7 Å². The van der Waals surface area contributed by atoms with Gasteiger partial charge in [0.15, 0.2) is 5.82 Å². The molecule has 1 aromatic carbocycles. The van der Waals surface area contributed by atoms with Gasteiger partial charge in [-0.25, -0.2) is 4.39 Å². The number of halogens is 1. The van der Waals surface area contributed by atoms with Crippen molar-refractivity contribution in [2.45, 2.75) is 64.1 Å². The summed E-state index contributed by atoms with van der Waals surface area (Å²) < 4.78 is 18.4. The fourth-order valence-electron chi connectivity index (χ4n) is 3.25. The maximum absolute atomic E-state index is 13.0. The number of aliphatic hydroxyl groups excluding tert-OH is 1. The van der Waals surface area contributed by atoms with E-state index in [4.69, 9.17) is 4.52 Å². The molecule has 0 spiro atoms. The van der Waals surface area contributed by atoms with E-state index in [-0.39, 0.29) is 17.3 Å². The summed E-state index contributed by atoms with van der Waals surface area (Å²) in [6, 6.07) is 6.32. The molecule has 0 aliphatic carbocycles. The van der Waals surface area contributed by atoms with Crippen LogP contribution in [0.15, 0.2) is 28.8 Å². The largest absolute Gasteiger partial charge is 0.388 e. The number of likely N-dealkylation sites (tertiary alicyclic amines) is 1. The molecule has 5 nitrogen and oxygen atoms in total. The Morgan fingerprint density at radius 2 is 2.04 bits per heavy atom. The van der Waals surface area contributed by atoms with Crippen molar-refractivity contribution in [1.29, 1.82) is 0 Å². The second-order valence-electron chi connectivity index (χ2n) is 7.83. The molecule has 2 atom stereocenters. The first-order chi connectivity index (χ1) is 11.8. The molecule has 0 unspecified atom stereocenters. The van der Waals surface area contributed by atoms with Crippen molar-refractivity contribution in [2.75, 3.05) is 6.54 Å². The van der Waals surface area contributed by atoms with Gasteiger partial charge in [0.05, 0.1) is 12.6 Å². The van der Waals surface area contributed by atoms with E-state index in [0.717, 1.165) is 24.9 Å². The fourth-order valence-corrected chi connectivity index (χ4v) is 3.25. The van der Waals surface area contributed by atoms with Crippen LogP contribution in [0.3, 0.4) is 0 Å². The lowest BCUT2D eigenvalue weighted by Gasteiger charge is -2.25. The first-order valence-electron chi connectivity index (χ1n) is 8.83. The Hall–Kier alpha value is -1.79. The predicted octanol–water partition coefficient (Wildman–Crippen LogP) is 3.59. The molecule has 0 amide bonds. The number of hydrogen-bond donors (Lipinski definition) is 1. The van der Waals surface area contributed by atoms with Crippen LogP contribution < -0.4 is 0 Å². The van der Waals surface area contributed by atoms with E-state index in [2.05, 4.69) is 35.8 Å². The molecule has 2 aromatic rings. The second kappa shape index (κ2) is 7.22. The first kappa shape index (κ1) is 18.0. The van der Waals surface area contributed by atoms with Gasteiger partial charge in [-0.3, -0.25) is 4.90 Å². The van der Waals surface area contributed by atoms with Crippen LogP contribution in [0.25, 0.3) is 0 Å². The normalized spacial score (nSPS) is 20.1. The Kier molecular flexibility index (Phi) is 5.20. The van der Waals surface area contributed by atoms with E-state index in [9.17, 15) is 9.50 Å². The van der Waals surface area contributed by atoms with Crippen molar-refractivity contribution in [3.8, 4) is 0 Å². The average molecular weight is 347 g/mol. The zero-order chi connectivity index (χ0) is 18.0. The number of aliphatic hydroxyl groups is 1. The third-order valence-corrected chi connectivity index (χ3v) is 4.73. The van der Waals surface area contributed by atoms with Crippen LogP contribution in [0.1, 0.15) is 63.4 Å². The summed E-state index contributed by atoms with van der Waals surface area (Å²) in [5.74, 6) is 1.04. The van der Waals surface area contributed by atoms with Crippen molar-refractivity contribution in [3.63, 3.8) is 0 Å². The highest BCUT2D eigenvalue weighted by Gasteiger charge is 2.29. The zero-order valence-electron chi connectivity index (χ0n) is 15.1. The third kappa shape index (κ3) is 4.44. The molecule has 1 aliphatic rings. The van der Waals surface area contributed by atoms with Gasteiger partial charge in [-0.1, -0.05) is 38.1 Å². The first-order valence-corrected chi connectivity index (χ1v) is 8.83. The minimum Gasteiger partial charge on any atom is -0.388 e. The molecule has 1 N–H and O–H groups in total. The minimum absolute atomic E-state index is 0.134. The summed E-state index contributed by atoms with van der Waals surface area (Å²) in [7, 11) is 0. The average Bonchev–Trinajstić information content (AvgIpc) is 3.18. The molecule has 25 heavy (non-hydrogen) atoms. The number of hydrogen-bond acceptors (Lipinski definition) is 5. The summed E-state index contributed by atoms with van der Waals surface area (Å²) in [6.07, 6.45) is 2.13. The number of benzene rings is 1. The van der Waals surface area contributed by atoms with Gasteiger partial charge in [-0.15, -0.1) is 0 Å². The lowest BCUT2D eigenvalue weighted by Crippen LogP contribution is -2.30. The van der Waals surface area contributed by atoms with E-state index < -0.39 is 6.10 Å². The molecule has 2 heterocycles. The van der Waals surface area contributed by atoms with Crippen LogP contribution in [-0.2, 0) is 12.0 Å². The van der Waals surface area contributed by atoms with Crippen molar-refractivity contribution in [3.05, 3.63) is 47.4 Å². The molecule has 0 radical (unpaired) electrons. The lowest BCUT2D eigenvalue weighted by molar-refractivity contribution is 0.112. The quantitative estimate of drug-likeness (QED) is 0.895. The van der Waals surface area contributed by atoms with Crippen LogP contribution in [0, 0.1) is 5.82 Å². The van der Waals surface area contributed by atoms with Crippen molar-refractivity contribution in [2.24, 2.45) is 0 Å². The molecule has 1 saturated heterocycles. The maximum Gasteiger partial charge on any atom is 0.240 e. The maximum atomic E-state index is 13.0. The highest BCUT2D eigenvalue weighted by atomic mass is 19.1. The Morgan fingerprint density at radius 1 is 1.32 bits per heavy atom. The molecule has 0 saturated carbocycles. The van der Waals surface area contributed by atoms with Crippen LogP contribution in [-0.4, -0.2) is 32.7 Å². The van der Waals surface area contributed by atoms with E-state index in [1.54, 1.807) is 12.1 Å². The Balaban J connectivity index is 1.62. The van der Waals surface area contributed by atoms with Gasteiger partial charge in [0, 0.05) is 11.5 Å². The summed E-state index contributed by atoms with van der Waals surface area (Å²) in [5, 5.41) is 14.5. The van der Waals surface area contributed by atoms with E-state index in [1.165, 1.54) is 12.1 Å². The van der Waals surface area contributed by atoms with Gasteiger partial charge in [-0.05, 0) is 43.5 Å². The molecule has 0 bridgehead atoms. The number of nitrogens with zero attached hydrogens (tertiary/aromatic N) is 3. The Bertz CT molecular complexity index is 693. The number of rotatable bonds is 5. The molecular formula is C19H26FN3O2. The highest BCUT2D eigenvalue weighted by Crippen LogP contribution is 2.29. The lowest BCUT2D eigenvalue weighted by atomic mass is 9.96. The van der Waals surface area contributed by atoms with Gasteiger partial charge < -0.3 is 9.63 Å². The van der Waals surface area contributed by atoms with Gasteiger partial charge in [0.1, 0.15) is 5.82 Å². The van der Waals surface area contributed by atoms with Gasteiger partial charge in [-0.2, -0.15) is 4.98 Å². The summed E-state index contributed by atoms with van der Waals surface area (Å²) in [5.41, 5.74) is 0.617. The highest BCUT2D eigenvalue weighted by molar-refractivity contribution is 5.18. The van der Waals surface area contributed by atoms with E-state index >= 15 is 0 Å². The van der Waals surface area contributed by atoms with Crippen LogP contribution in [0.5, 0.6) is 0 Å². The van der Waals surface area contributed by atoms with Gasteiger partial charge in [0.25, 0.3) is 0 Å². The van der Waals surface area contributed by atoms with Crippen LogP contribution >= 0.6 is 0 Å². The smallest absolute Gasteiger partial charge is 0.240 e. The Morgan fingerprint density at radius 3 is 2.68 bits per heavy atom. The zero-order valence-corrected chi connectivity index (χ0v) is 15.1. The molecule has 6 heteroatoms. The Labute approximate surface area is 147 Å². The molecule has 1 aromatic heterocycles. The van der Waals surface area contributed by atoms with Crippen molar-refractivity contribution < 1.29 is 14.0 Å². The van der Waals surface area contributed by atoms with Crippen molar-refractivity contribution >= 4 is 0 Å². The van der Waals surface area contributed by atoms with Crippen LogP contribution in [0.4, 0.5) is 4.39 Å². The number of aromatic nitrogens is 2. The summed E-state index contributed by atoms with van der Waals surface area (Å²) in [6.45, 7) is 7.72. The summed E-state index contributed by atoms with van der Waals surface area (Å²) in [4.78, 5) is 6.79. The topological polar surface area (TPSA) is 62.4 Å². The van der Waals surface area contributed by atoms with Crippen molar-refractivity contribution in [1.82, 2.24) is 15.0 Å². The molecular weight excluding hydrogens is 321 g/mol. The predicted molar refractivity (Wildman–Crippen MR) is 92.4 cm³/mol. The summed E-state index contributed by atoms with van der Waals surface area (Å²) >= 11 is 0. The van der Waals surface area contributed by atoms with Crippen LogP contribution in [0.2, 0.25) is 0 Å². The second-order valence-corrected chi connectivity index (χ2v) is 7.83. The minimum atomic E-state index is -0.598. The third-order valence-electron chi connectivity index (χ3n) is 4.73.